The molecule has 1 aromatic rings. The Labute approximate surface area is 151 Å². The highest BCUT2D eigenvalue weighted by Crippen LogP contribution is 2.33. The second kappa shape index (κ2) is 9.10. The summed E-state index contributed by atoms with van der Waals surface area (Å²) in [5.74, 6) is 0.631. The van der Waals surface area contributed by atoms with E-state index in [1.165, 1.54) is 22.8 Å². The van der Waals surface area contributed by atoms with E-state index in [9.17, 15) is 4.79 Å². The maximum absolute atomic E-state index is 10.9. The van der Waals surface area contributed by atoms with Crippen molar-refractivity contribution in [3.05, 3.63) is 34.4 Å². The van der Waals surface area contributed by atoms with Crippen molar-refractivity contribution < 1.29 is 23.9 Å². The molecule has 2 N–H and O–H groups in total. The van der Waals surface area contributed by atoms with Crippen LogP contribution in [0.1, 0.15) is 43.2 Å². The summed E-state index contributed by atoms with van der Waals surface area (Å²) in [6, 6.07) is 6.11. The van der Waals surface area contributed by atoms with Crippen LogP contribution in [0, 0.1) is 0 Å². The van der Waals surface area contributed by atoms with Gasteiger partial charge in [-0.15, -0.1) is 0 Å². The number of ether oxygens (including phenoxy) is 1. The van der Waals surface area contributed by atoms with Crippen molar-refractivity contribution in [3.8, 4) is 5.75 Å². The van der Waals surface area contributed by atoms with Gasteiger partial charge < -0.3 is 9.57 Å². The third kappa shape index (κ3) is 5.37. The molecule has 2 aliphatic heterocycles. The number of hydroxylamine groups is 3. The zero-order valence-electron chi connectivity index (χ0n) is 13.9. The Hall–Kier alpha value is -1.74. The molecule has 0 aliphatic carbocycles. The predicted octanol–water partition coefficient (Wildman–Crippen LogP) is 3.20. The van der Waals surface area contributed by atoms with E-state index in [-0.39, 0.29) is 5.91 Å². The van der Waals surface area contributed by atoms with Gasteiger partial charge in [0.15, 0.2) is 0 Å². The van der Waals surface area contributed by atoms with Gasteiger partial charge >= 0.3 is 0 Å². The summed E-state index contributed by atoms with van der Waals surface area (Å²) in [6.45, 7) is 1.41. The lowest BCUT2D eigenvalue weighted by molar-refractivity contribution is -0.259. The molecule has 0 bridgehead atoms. The van der Waals surface area contributed by atoms with Crippen LogP contribution in [0.5, 0.6) is 5.75 Å². The van der Waals surface area contributed by atoms with Crippen molar-refractivity contribution in [2.24, 2.45) is 0 Å². The van der Waals surface area contributed by atoms with Gasteiger partial charge in [0.05, 0.1) is 25.2 Å². The molecule has 1 aromatic carbocycles. The first-order chi connectivity index (χ1) is 12.2. The topological polar surface area (TPSA) is 80.3 Å². The van der Waals surface area contributed by atoms with Crippen LogP contribution in [-0.2, 0) is 20.3 Å². The van der Waals surface area contributed by atoms with Gasteiger partial charge in [-0.1, -0.05) is 18.9 Å². The van der Waals surface area contributed by atoms with E-state index < -0.39 is 0 Å². The predicted molar refractivity (Wildman–Crippen MR) is 93.1 cm³/mol. The minimum Gasteiger partial charge on any atom is -0.493 e. The van der Waals surface area contributed by atoms with Crippen LogP contribution < -0.4 is 10.2 Å². The molecular weight excluding hydrogens is 344 g/mol. The second-order valence-corrected chi connectivity index (χ2v) is 6.65. The Balaban J connectivity index is 1.36. The summed E-state index contributed by atoms with van der Waals surface area (Å²) >= 11 is 1.21. The number of nitrogens with one attached hydrogen (secondary N) is 1. The van der Waals surface area contributed by atoms with Crippen molar-refractivity contribution >= 4 is 24.0 Å². The minimum absolute atomic E-state index is 0.337. The molecule has 1 amide bonds. The third-order valence-corrected chi connectivity index (χ3v) is 4.61. The summed E-state index contributed by atoms with van der Waals surface area (Å²) in [5, 5.41) is 10.6. The molecule has 8 heteroatoms. The van der Waals surface area contributed by atoms with Gasteiger partial charge in [-0.3, -0.25) is 10.0 Å². The van der Waals surface area contributed by atoms with Crippen LogP contribution in [0.4, 0.5) is 0 Å². The van der Waals surface area contributed by atoms with E-state index in [2.05, 4.69) is 6.07 Å². The van der Waals surface area contributed by atoms with Gasteiger partial charge in [-0.2, -0.15) is 4.28 Å². The number of hydrogen-bond donors (Lipinski definition) is 2. The molecule has 1 fully saturated rings. The maximum Gasteiger partial charge on any atom is 0.243 e. The number of amides is 1. The van der Waals surface area contributed by atoms with Crippen molar-refractivity contribution in [2.45, 2.75) is 38.5 Å². The number of carbonyl (C=O) groups is 1. The summed E-state index contributed by atoms with van der Waals surface area (Å²) in [4.78, 5) is 16.5. The van der Waals surface area contributed by atoms with Crippen molar-refractivity contribution in [1.82, 2.24) is 10.7 Å². The van der Waals surface area contributed by atoms with Crippen molar-refractivity contribution in [2.75, 3.05) is 13.2 Å². The first-order valence-corrected chi connectivity index (χ1v) is 9.19. The van der Waals surface area contributed by atoms with Gasteiger partial charge in [0.1, 0.15) is 5.75 Å². The first-order valence-electron chi connectivity index (χ1n) is 8.45. The molecule has 2 aliphatic rings. The van der Waals surface area contributed by atoms with E-state index in [4.69, 9.17) is 19.1 Å². The number of unbranched alkanes of at least 4 members (excludes halogenated alkanes) is 3. The minimum atomic E-state index is -0.337. The Morgan fingerprint density at radius 2 is 2.20 bits per heavy atom. The van der Waals surface area contributed by atoms with Crippen LogP contribution in [-0.4, -0.2) is 29.5 Å². The fourth-order valence-corrected chi connectivity index (χ4v) is 3.27. The Kier molecular flexibility index (Phi) is 6.57. The molecule has 25 heavy (non-hydrogen) atoms. The Morgan fingerprint density at radius 3 is 3.08 bits per heavy atom. The van der Waals surface area contributed by atoms with Crippen LogP contribution in [0.2, 0.25) is 0 Å². The summed E-state index contributed by atoms with van der Waals surface area (Å²) in [5.41, 5.74) is 3.93. The molecule has 0 spiro atoms. The molecule has 0 saturated carbocycles. The lowest BCUT2D eigenvalue weighted by atomic mass is 10.1. The van der Waals surface area contributed by atoms with Crippen LogP contribution in [0.15, 0.2) is 23.3 Å². The number of benzene rings is 1. The molecule has 2 heterocycles. The molecular formula is C17H22N2O5S. The average Bonchev–Trinajstić information content (AvgIpc) is 3.26. The molecule has 3 rings (SSSR count). The summed E-state index contributed by atoms with van der Waals surface area (Å²) in [7, 11) is 0. The van der Waals surface area contributed by atoms with Gasteiger partial charge in [0.25, 0.3) is 0 Å². The van der Waals surface area contributed by atoms with Crippen LogP contribution in [0.3, 0.4) is 0 Å². The fraction of sp³-hybridized carbons (Fsp3) is 0.471. The van der Waals surface area contributed by atoms with E-state index in [1.807, 2.05) is 18.2 Å². The molecule has 0 aromatic heterocycles. The number of carbonyl (C=O) groups excluding carboxylic acids is 1. The monoisotopic (exact) mass is 366 g/mol. The van der Waals surface area contributed by atoms with Crippen molar-refractivity contribution in [3.63, 3.8) is 0 Å². The maximum atomic E-state index is 10.9. The largest absolute Gasteiger partial charge is 0.493 e. The molecule has 7 nitrogen and oxygen atoms in total. The second-order valence-electron chi connectivity index (χ2n) is 5.93. The van der Waals surface area contributed by atoms with Gasteiger partial charge in [-0.05, 0) is 47.4 Å². The highest BCUT2D eigenvalue weighted by Gasteiger charge is 2.21. The Morgan fingerprint density at radius 1 is 1.32 bits per heavy atom. The van der Waals surface area contributed by atoms with E-state index in [0.29, 0.717) is 18.1 Å². The van der Waals surface area contributed by atoms with E-state index in [0.717, 1.165) is 50.0 Å². The molecule has 0 unspecified atom stereocenters. The SMILES string of the molecule is O=C(CCCCCCN1OS/C(=C\c2ccc3c(c2)CCO3)O1)NO. The summed E-state index contributed by atoms with van der Waals surface area (Å²) < 4.78 is 10.9. The van der Waals surface area contributed by atoms with Crippen LogP contribution in [0.25, 0.3) is 6.08 Å². The lowest BCUT2D eigenvalue weighted by Crippen LogP contribution is -2.18. The molecule has 0 atom stereocenters. The zero-order valence-corrected chi connectivity index (χ0v) is 14.7. The molecule has 1 saturated heterocycles. The molecule has 136 valence electrons. The smallest absolute Gasteiger partial charge is 0.243 e. The Bertz CT molecular complexity index is 637. The quantitative estimate of drug-likeness (QED) is 0.316. The first kappa shape index (κ1) is 18.1. The van der Waals surface area contributed by atoms with Gasteiger partial charge in [-0.25, -0.2) is 5.48 Å². The number of hydrogen-bond acceptors (Lipinski definition) is 7. The normalized spacial score (nSPS) is 18.0. The fourth-order valence-electron chi connectivity index (χ4n) is 2.71. The number of fused-ring (bicyclic) bond motifs is 1. The average molecular weight is 366 g/mol. The van der Waals surface area contributed by atoms with Crippen molar-refractivity contribution in [1.29, 1.82) is 0 Å². The van der Waals surface area contributed by atoms with E-state index >= 15 is 0 Å². The number of nitrogens with zero attached hydrogens (tertiary/aromatic N) is 1. The molecule has 0 radical (unpaired) electrons. The number of rotatable bonds is 8. The zero-order chi connectivity index (χ0) is 17.5. The van der Waals surface area contributed by atoms with E-state index in [1.54, 1.807) is 5.48 Å². The van der Waals surface area contributed by atoms with Gasteiger partial charge in [0, 0.05) is 12.8 Å². The van der Waals surface area contributed by atoms with Crippen LogP contribution >= 0.6 is 12.0 Å². The third-order valence-electron chi connectivity index (χ3n) is 4.01. The standard InChI is InChI=1S/C17H22N2O5S/c20-16(18-21)5-3-1-2-4-9-19-23-17(25-24-19)12-13-6-7-15-14(11-13)8-10-22-15/h6-7,11-12,21H,1-5,8-10H2,(H,18,20)/b17-12-. The summed E-state index contributed by atoms with van der Waals surface area (Å²) in [6.07, 6.45) is 6.81. The van der Waals surface area contributed by atoms with Gasteiger partial charge in [0.2, 0.25) is 11.0 Å². The highest BCUT2D eigenvalue weighted by atomic mass is 32.2. The lowest BCUT2D eigenvalue weighted by Gasteiger charge is -2.10. The highest BCUT2D eigenvalue weighted by molar-refractivity contribution is 7.98.